The maximum atomic E-state index is 10.9. The van der Waals surface area contributed by atoms with Crippen LogP contribution in [0, 0.1) is 0 Å². The van der Waals surface area contributed by atoms with E-state index in [2.05, 4.69) is 18.4 Å². The molecule has 1 aromatic heterocycles. The highest BCUT2D eigenvalue weighted by atomic mass is 16.1. The van der Waals surface area contributed by atoms with Gasteiger partial charge in [0.25, 0.3) is 0 Å². The molecule has 0 bridgehead atoms. The molecule has 1 rings (SSSR count). The van der Waals surface area contributed by atoms with Gasteiger partial charge in [-0.1, -0.05) is 6.92 Å². The fourth-order valence-corrected chi connectivity index (χ4v) is 1.17. The van der Waals surface area contributed by atoms with Crippen molar-refractivity contribution in [1.29, 1.82) is 0 Å². The molecule has 1 heterocycles. The Labute approximate surface area is 66.5 Å². The molecule has 2 heteroatoms. The van der Waals surface area contributed by atoms with Crippen LogP contribution in [0.3, 0.4) is 0 Å². The fourth-order valence-electron chi connectivity index (χ4n) is 1.17. The summed E-state index contributed by atoms with van der Waals surface area (Å²) in [7, 11) is 0. The lowest BCUT2D eigenvalue weighted by Gasteiger charge is -2.07. The third kappa shape index (κ3) is 1.70. The number of hydrogen-bond acceptors (Lipinski definition) is 1. The van der Waals surface area contributed by atoms with E-state index in [1.54, 1.807) is 12.1 Å². The van der Waals surface area contributed by atoms with E-state index < -0.39 is 0 Å². The van der Waals surface area contributed by atoms with Crippen LogP contribution >= 0.6 is 0 Å². The van der Waals surface area contributed by atoms with Gasteiger partial charge in [0.1, 0.15) is 0 Å². The maximum absolute atomic E-state index is 10.9. The Morgan fingerprint density at radius 3 is 2.73 bits per heavy atom. The lowest BCUT2D eigenvalue weighted by molar-refractivity contribution is 0.704. The number of hydrogen-bond donors (Lipinski definition) is 0. The summed E-state index contributed by atoms with van der Waals surface area (Å²) in [4.78, 5) is 10.9. The van der Waals surface area contributed by atoms with Gasteiger partial charge in [-0.05, 0) is 13.3 Å². The van der Waals surface area contributed by atoms with E-state index in [0.29, 0.717) is 0 Å². The highest BCUT2D eigenvalue weighted by Crippen LogP contribution is 1.96. The van der Waals surface area contributed by atoms with Crippen LogP contribution in [-0.4, -0.2) is 4.57 Å². The van der Waals surface area contributed by atoms with Crippen molar-refractivity contribution in [3.63, 3.8) is 0 Å². The number of aromatic nitrogens is 1. The molecule has 0 atom stereocenters. The Kier molecular flexibility index (Phi) is 2.47. The molecule has 60 valence electrons. The van der Waals surface area contributed by atoms with Crippen molar-refractivity contribution in [2.45, 2.75) is 26.8 Å². The Morgan fingerprint density at radius 2 is 2.18 bits per heavy atom. The standard InChI is InChI=1S/C9H13NO/c1-3-8-7-9(11)5-6-10(8)4-2/h5-7H,3-4H2,1-2H3. The number of aryl methyl sites for hydroxylation is 2. The minimum absolute atomic E-state index is 0.103. The number of nitrogens with zero attached hydrogens (tertiary/aromatic N) is 1. The second-order valence-electron chi connectivity index (χ2n) is 2.49. The van der Waals surface area contributed by atoms with Gasteiger partial charge >= 0.3 is 0 Å². The van der Waals surface area contributed by atoms with E-state index in [0.717, 1.165) is 18.7 Å². The van der Waals surface area contributed by atoms with Crippen molar-refractivity contribution in [2.75, 3.05) is 0 Å². The van der Waals surface area contributed by atoms with Gasteiger partial charge in [-0.3, -0.25) is 4.79 Å². The van der Waals surface area contributed by atoms with Gasteiger partial charge in [-0.25, -0.2) is 0 Å². The molecule has 0 amide bonds. The summed E-state index contributed by atoms with van der Waals surface area (Å²) < 4.78 is 2.08. The van der Waals surface area contributed by atoms with E-state index in [9.17, 15) is 4.79 Å². The van der Waals surface area contributed by atoms with Crippen LogP contribution in [0.4, 0.5) is 0 Å². The number of pyridine rings is 1. The minimum Gasteiger partial charge on any atom is -0.351 e. The molecule has 0 aliphatic heterocycles. The number of rotatable bonds is 2. The Bertz CT molecular complexity index is 288. The molecule has 0 spiro atoms. The lowest BCUT2D eigenvalue weighted by atomic mass is 10.3. The van der Waals surface area contributed by atoms with Crippen LogP contribution in [0.25, 0.3) is 0 Å². The largest absolute Gasteiger partial charge is 0.351 e. The molecule has 0 fully saturated rings. The molecule has 0 saturated heterocycles. The molecular weight excluding hydrogens is 138 g/mol. The van der Waals surface area contributed by atoms with Crippen molar-refractivity contribution >= 4 is 0 Å². The molecule has 0 radical (unpaired) electrons. The van der Waals surface area contributed by atoms with Gasteiger partial charge in [-0.15, -0.1) is 0 Å². The molecule has 11 heavy (non-hydrogen) atoms. The minimum atomic E-state index is 0.103. The maximum Gasteiger partial charge on any atom is 0.181 e. The molecule has 1 aromatic rings. The van der Waals surface area contributed by atoms with Crippen molar-refractivity contribution in [2.24, 2.45) is 0 Å². The molecule has 0 saturated carbocycles. The molecule has 0 aliphatic rings. The molecular formula is C9H13NO. The Hall–Kier alpha value is -1.05. The normalized spacial score (nSPS) is 10.0. The first-order valence-electron chi connectivity index (χ1n) is 3.97. The molecule has 0 unspecified atom stereocenters. The van der Waals surface area contributed by atoms with E-state index in [-0.39, 0.29) is 5.43 Å². The first kappa shape index (κ1) is 8.05. The van der Waals surface area contributed by atoms with Gasteiger partial charge in [0.15, 0.2) is 5.43 Å². The van der Waals surface area contributed by atoms with E-state index in [1.165, 1.54) is 0 Å². The van der Waals surface area contributed by atoms with Crippen LogP contribution in [0.5, 0.6) is 0 Å². The second-order valence-corrected chi connectivity index (χ2v) is 2.49. The van der Waals surface area contributed by atoms with Gasteiger partial charge in [0.05, 0.1) is 0 Å². The van der Waals surface area contributed by atoms with Gasteiger partial charge in [-0.2, -0.15) is 0 Å². The van der Waals surface area contributed by atoms with Crippen molar-refractivity contribution in [3.05, 3.63) is 34.2 Å². The summed E-state index contributed by atoms with van der Waals surface area (Å²) >= 11 is 0. The Morgan fingerprint density at radius 1 is 1.45 bits per heavy atom. The average molecular weight is 151 g/mol. The second kappa shape index (κ2) is 3.37. The topological polar surface area (TPSA) is 22.0 Å². The van der Waals surface area contributed by atoms with Crippen LogP contribution < -0.4 is 5.43 Å². The quantitative estimate of drug-likeness (QED) is 0.626. The summed E-state index contributed by atoms with van der Waals surface area (Å²) in [5, 5.41) is 0. The van der Waals surface area contributed by atoms with Crippen LogP contribution in [-0.2, 0) is 13.0 Å². The zero-order valence-electron chi connectivity index (χ0n) is 7.00. The van der Waals surface area contributed by atoms with Gasteiger partial charge < -0.3 is 4.57 Å². The summed E-state index contributed by atoms with van der Waals surface area (Å²) in [6, 6.07) is 3.30. The van der Waals surface area contributed by atoms with Gasteiger partial charge in [0.2, 0.25) is 0 Å². The molecule has 0 aliphatic carbocycles. The van der Waals surface area contributed by atoms with Crippen molar-refractivity contribution in [1.82, 2.24) is 4.57 Å². The monoisotopic (exact) mass is 151 g/mol. The smallest absolute Gasteiger partial charge is 0.181 e. The predicted molar refractivity (Wildman–Crippen MR) is 45.8 cm³/mol. The molecule has 0 aromatic carbocycles. The van der Waals surface area contributed by atoms with E-state index in [1.807, 2.05) is 6.20 Å². The van der Waals surface area contributed by atoms with Crippen LogP contribution in [0.15, 0.2) is 23.1 Å². The molecule has 0 N–H and O–H groups in total. The van der Waals surface area contributed by atoms with Crippen LogP contribution in [0.1, 0.15) is 19.5 Å². The highest BCUT2D eigenvalue weighted by molar-refractivity contribution is 5.06. The lowest BCUT2D eigenvalue weighted by Crippen LogP contribution is -2.09. The van der Waals surface area contributed by atoms with Crippen molar-refractivity contribution in [3.8, 4) is 0 Å². The first-order valence-corrected chi connectivity index (χ1v) is 3.97. The third-order valence-corrected chi connectivity index (χ3v) is 1.80. The third-order valence-electron chi connectivity index (χ3n) is 1.80. The summed E-state index contributed by atoms with van der Waals surface area (Å²) in [5.74, 6) is 0. The summed E-state index contributed by atoms with van der Waals surface area (Å²) in [6.45, 7) is 5.06. The fraction of sp³-hybridized carbons (Fsp3) is 0.444. The highest BCUT2D eigenvalue weighted by Gasteiger charge is 1.94. The first-order chi connectivity index (χ1) is 5.27. The predicted octanol–water partition coefficient (Wildman–Crippen LogP) is 1.43. The summed E-state index contributed by atoms with van der Waals surface area (Å²) in [6.07, 6.45) is 2.77. The Balaban J connectivity index is 3.16. The van der Waals surface area contributed by atoms with E-state index in [4.69, 9.17) is 0 Å². The SMILES string of the molecule is CCc1cc(=O)ccn1CC. The van der Waals surface area contributed by atoms with Crippen LogP contribution in [0.2, 0.25) is 0 Å². The van der Waals surface area contributed by atoms with Crippen molar-refractivity contribution < 1.29 is 0 Å². The molecule has 2 nitrogen and oxygen atoms in total. The average Bonchev–Trinajstić information content (AvgIpc) is 2.04. The zero-order chi connectivity index (χ0) is 8.27. The summed E-state index contributed by atoms with van der Waals surface area (Å²) in [5.41, 5.74) is 1.21. The van der Waals surface area contributed by atoms with Gasteiger partial charge in [0, 0.05) is 30.6 Å². The zero-order valence-corrected chi connectivity index (χ0v) is 7.00. The van der Waals surface area contributed by atoms with E-state index >= 15 is 0 Å².